The van der Waals surface area contributed by atoms with Gasteiger partial charge in [0.05, 0.1) is 6.85 Å². The van der Waals surface area contributed by atoms with Crippen LogP contribution in [0.3, 0.4) is 0 Å². The Morgan fingerprint density at radius 1 is 0.280 bits per heavy atom. The Bertz CT molecular complexity index is 2900. The molecule has 8 aromatic carbocycles. The summed E-state index contributed by atoms with van der Waals surface area (Å²) in [7, 11) is 0. The fourth-order valence-corrected chi connectivity index (χ4v) is 6.75. The number of rotatable bonds is 6. The molecule has 0 aliphatic heterocycles. The van der Waals surface area contributed by atoms with Crippen molar-refractivity contribution in [2.24, 2.45) is 0 Å². The summed E-state index contributed by atoms with van der Waals surface area (Å²) in [5.74, 6) is 1.70. The van der Waals surface area contributed by atoms with E-state index >= 15 is 0 Å². The van der Waals surface area contributed by atoms with Crippen molar-refractivity contribution in [1.82, 2.24) is 15.0 Å². The Kier molecular flexibility index (Phi) is 6.22. The highest BCUT2D eigenvalue weighted by atomic mass is 15.0. The van der Waals surface area contributed by atoms with Gasteiger partial charge in [-0.25, -0.2) is 15.0 Å². The summed E-state index contributed by atoms with van der Waals surface area (Å²) in [4.78, 5) is 15.3. The predicted molar refractivity (Wildman–Crippen MR) is 207 cm³/mol. The minimum Gasteiger partial charge on any atom is -0.208 e. The topological polar surface area (TPSA) is 38.7 Å². The van der Waals surface area contributed by atoms with Gasteiger partial charge in [-0.1, -0.05) is 182 Å². The smallest absolute Gasteiger partial charge is 0.164 e. The first-order chi connectivity index (χ1) is 26.9. The van der Waals surface area contributed by atoms with Gasteiger partial charge in [0.15, 0.2) is 17.5 Å². The summed E-state index contributed by atoms with van der Waals surface area (Å²) in [6.07, 6.45) is 0. The number of fused-ring (bicyclic) bond motifs is 2. The van der Waals surface area contributed by atoms with Gasteiger partial charge in [-0.2, -0.15) is 0 Å². The van der Waals surface area contributed by atoms with Crippen LogP contribution in [0.2, 0.25) is 0 Å². The van der Waals surface area contributed by atoms with Crippen LogP contribution in [0.25, 0.3) is 89.1 Å². The van der Waals surface area contributed by atoms with E-state index in [0.717, 1.165) is 60.5 Å². The van der Waals surface area contributed by atoms with E-state index in [2.05, 4.69) is 48.5 Å². The van der Waals surface area contributed by atoms with Crippen molar-refractivity contribution >= 4 is 21.5 Å². The molecular weight excluding hydrogens is 607 g/mol. The first-order valence-electron chi connectivity index (χ1n) is 19.0. The molecule has 9 aromatic rings. The standard InChI is InChI=1S/C47H31N3/c1-4-16-32(17-5-1)35-22-10-15-27-43(35)46-48-45(34-20-8-3-9-21-34)49-47(50-46)44-31-30-42(39-25-13-14-26-40(39)44)41-29-28-36(33-18-6-2-7-19-33)37-23-11-12-24-38(37)41/h1-31H/i2D,6D,7D,18D,19D. The second kappa shape index (κ2) is 12.7. The van der Waals surface area contributed by atoms with E-state index in [1.54, 1.807) is 0 Å². The minimum atomic E-state index is -0.409. The van der Waals surface area contributed by atoms with Crippen molar-refractivity contribution in [2.45, 2.75) is 0 Å². The van der Waals surface area contributed by atoms with E-state index in [1.807, 2.05) is 109 Å². The second-order valence-corrected chi connectivity index (χ2v) is 12.0. The third-order valence-electron chi connectivity index (χ3n) is 9.07. The molecule has 1 heterocycles. The lowest BCUT2D eigenvalue weighted by molar-refractivity contribution is 1.08. The van der Waals surface area contributed by atoms with E-state index in [4.69, 9.17) is 21.8 Å². The molecule has 0 bridgehead atoms. The maximum Gasteiger partial charge on any atom is 0.164 e. The molecule has 0 aliphatic carbocycles. The predicted octanol–water partition coefficient (Wildman–Crippen LogP) is 12.2. The zero-order valence-corrected chi connectivity index (χ0v) is 26.9. The highest BCUT2D eigenvalue weighted by Crippen LogP contribution is 2.41. The zero-order chi connectivity index (χ0) is 37.6. The molecule has 0 atom stereocenters. The van der Waals surface area contributed by atoms with Crippen molar-refractivity contribution < 1.29 is 6.85 Å². The Labute approximate surface area is 298 Å². The van der Waals surface area contributed by atoms with Crippen LogP contribution in [0.4, 0.5) is 0 Å². The van der Waals surface area contributed by atoms with Crippen LogP contribution in [0.15, 0.2) is 188 Å². The highest BCUT2D eigenvalue weighted by molar-refractivity contribution is 6.11. The molecule has 0 N–H and O–H groups in total. The van der Waals surface area contributed by atoms with Gasteiger partial charge in [-0.05, 0) is 61.0 Å². The number of benzene rings is 8. The molecule has 50 heavy (non-hydrogen) atoms. The van der Waals surface area contributed by atoms with Gasteiger partial charge in [0.1, 0.15) is 0 Å². The van der Waals surface area contributed by atoms with Gasteiger partial charge < -0.3 is 0 Å². The molecule has 0 spiro atoms. The van der Waals surface area contributed by atoms with Crippen LogP contribution >= 0.6 is 0 Å². The molecule has 0 aliphatic rings. The van der Waals surface area contributed by atoms with E-state index in [9.17, 15) is 0 Å². The number of aromatic nitrogens is 3. The van der Waals surface area contributed by atoms with Crippen LogP contribution in [-0.2, 0) is 0 Å². The molecule has 234 valence electrons. The summed E-state index contributed by atoms with van der Waals surface area (Å²) in [5, 5.41) is 3.65. The van der Waals surface area contributed by atoms with Crippen molar-refractivity contribution in [3.05, 3.63) is 188 Å². The molecule has 0 unspecified atom stereocenters. The van der Waals surface area contributed by atoms with Crippen molar-refractivity contribution in [2.75, 3.05) is 0 Å². The summed E-state index contributed by atoms with van der Waals surface area (Å²) >= 11 is 0. The largest absolute Gasteiger partial charge is 0.208 e. The molecule has 0 fully saturated rings. The van der Waals surface area contributed by atoms with E-state index in [1.165, 1.54) is 0 Å². The monoisotopic (exact) mass is 642 g/mol. The molecule has 1 aromatic heterocycles. The third kappa shape index (κ3) is 5.32. The van der Waals surface area contributed by atoms with Crippen molar-refractivity contribution in [3.63, 3.8) is 0 Å². The van der Waals surface area contributed by atoms with Gasteiger partial charge in [0, 0.05) is 16.7 Å². The van der Waals surface area contributed by atoms with E-state index in [-0.39, 0.29) is 29.7 Å². The van der Waals surface area contributed by atoms with E-state index in [0.29, 0.717) is 23.0 Å². The number of hydrogen-bond acceptors (Lipinski definition) is 3. The highest BCUT2D eigenvalue weighted by Gasteiger charge is 2.19. The summed E-state index contributed by atoms with van der Waals surface area (Å²) in [6.45, 7) is 0. The average molecular weight is 643 g/mol. The minimum absolute atomic E-state index is 0.183. The molecule has 9 rings (SSSR count). The average Bonchev–Trinajstić information content (AvgIpc) is 3.25. The fourth-order valence-electron chi connectivity index (χ4n) is 6.75. The molecule has 3 heteroatoms. The van der Waals surface area contributed by atoms with Crippen molar-refractivity contribution in [3.8, 4) is 67.5 Å². The SMILES string of the molecule is [2H]c1c([2H])c([2H])c(-c2ccc(-c3ccc(-c4nc(-c5ccccc5)nc(-c5ccccc5-c5ccccc5)n4)c4ccccc34)c3ccccc23)c([2H])c1[2H]. The van der Waals surface area contributed by atoms with Crippen LogP contribution < -0.4 is 0 Å². The lowest BCUT2D eigenvalue weighted by atomic mass is 9.89. The molecule has 0 radical (unpaired) electrons. The summed E-state index contributed by atoms with van der Waals surface area (Å²) in [5.41, 5.74) is 7.44. The number of nitrogens with zero attached hydrogens (tertiary/aromatic N) is 3. The van der Waals surface area contributed by atoms with E-state index < -0.39 is 6.04 Å². The molecular formula is C47H31N3. The van der Waals surface area contributed by atoms with Crippen LogP contribution in [0, 0.1) is 0 Å². The molecule has 3 nitrogen and oxygen atoms in total. The fraction of sp³-hybridized carbons (Fsp3) is 0. The Balaban J connectivity index is 1.25. The quantitative estimate of drug-likeness (QED) is 0.181. The van der Waals surface area contributed by atoms with Crippen LogP contribution in [0.1, 0.15) is 6.85 Å². The van der Waals surface area contributed by atoms with Gasteiger partial charge >= 0.3 is 0 Å². The van der Waals surface area contributed by atoms with Gasteiger partial charge in [0.25, 0.3) is 0 Å². The van der Waals surface area contributed by atoms with Crippen LogP contribution in [0.5, 0.6) is 0 Å². The zero-order valence-electron chi connectivity index (χ0n) is 31.9. The summed E-state index contributed by atoms with van der Waals surface area (Å²) < 4.78 is 42.1. The Hall–Kier alpha value is -6.71. The lowest BCUT2D eigenvalue weighted by Gasteiger charge is -2.16. The molecule has 0 saturated heterocycles. The van der Waals surface area contributed by atoms with Crippen molar-refractivity contribution in [1.29, 1.82) is 0 Å². The van der Waals surface area contributed by atoms with Gasteiger partial charge in [-0.3, -0.25) is 0 Å². The number of hydrogen-bond donors (Lipinski definition) is 0. The normalized spacial score (nSPS) is 12.6. The van der Waals surface area contributed by atoms with Crippen LogP contribution in [-0.4, -0.2) is 15.0 Å². The Morgan fingerprint density at radius 3 is 1.32 bits per heavy atom. The second-order valence-electron chi connectivity index (χ2n) is 12.0. The Morgan fingerprint density at radius 2 is 0.700 bits per heavy atom. The first-order valence-corrected chi connectivity index (χ1v) is 16.5. The van der Waals surface area contributed by atoms with Gasteiger partial charge in [-0.15, -0.1) is 0 Å². The molecule has 0 amide bonds. The summed E-state index contributed by atoms with van der Waals surface area (Å²) in [6, 6.07) is 50.8. The maximum atomic E-state index is 8.69. The molecule has 0 saturated carbocycles. The van der Waals surface area contributed by atoms with Gasteiger partial charge in [0.2, 0.25) is 0 Å². The lowest BCUT2D eigenvalue weighted by Crippen LogP contribution is -2.01. The first kappa shape index (κ1) is 24.4. The third-order valence-corrected chi connectivity index (χ3v) is 9.07. The maximum absolute atomic E-state index is 8.69.